The molecule has 10 nitrogen and oxygen atoms in total. The van der Waals surface area contributed by atoms with E-state index in [0.717, 1.165) is 28.0 Å². The molecular formula is C44H47FN4O6Si. The molecule has 0 radical (unpaired) electrons. The van der Waals surface area contributed by atoms with E-state index in [9.17, 15) is 14.7 Å². The summed E-state index contributed by atoms with van der Waals surface area (Å²) in [6.07, 6.45) is 0.376. The summed E-state index contributed by atoms with van der Waals surface area (Å²) in [5, 5.41) is 16.5. The first-order chi connectivity index (χ1) is 26.9. The number of aliphatic hydroxyl groups is 1. The maximum Gasteiger partial charge on any atom is 0.264 e. The Morgan fingerprint density at radius 3 is 2.46 bits per heavy atom. The van der Waals surface area contributed by atoms with Gasteiger partial charge in [0.15, 0.2) is 5.60 Å². The first-order valence-electron chi connectivity index (χ1n) is 19.3. The number of fused-ring (bicyclic) bond motifs is 3. The summed E-state index contributed by atoms with van der Waals surface area (Å²) in [5.41, 5.74) is 4.16. The maximum absolute atomic E-state index is 16.6. The Labute approximate surface area is 327 Å². The van der Waals surface area contributed by atoms with Gasteiger partial charge in [0.1, 0.15) is 5.75 Å². The number of rotatable bonds is 9. The number of halogens is 1. The van der Waals surface area contributed by atoms with Gasteiger partial charge >= 0.3 is 0 Å². The Kier molecular flexibility index (Phi) is 9.92. The van der Waals surface area contributed by atoms with Gasteiger partial charge < -0.3 is 28.5 Å². The van der Waals surface area contributed by atoms with E-state index < -0.39 is 37.6 Å². The van der Waals surface area contributed by atoms with Crippen LogP contribution in [0.15, 0.2) is 102 Å². The molecular weight excluding hydrogens is 728 g/mol. The summed E-state index contributed by atoms with van der Waals surface area (Å²) >= 11 is 0. The topological polar surface area (TPSA) is 112 Å². The van der Waals surface area contributed by atoms with E-state index in [2.05, 4.69) is 0 Å². The number of amides is 3. The first kappa shape index (κ1) is 37.7. The minimum Gasteiger partial charge on any atom is -0.497 e. The van der Waals surface area contributed by atoms with Gasteiger partial charge in [-0.05, 0) is 72.1 Å². The predicted octanol–water partition coefficient (Wildman–Crippen LogP) is 6.88. The second-order valence-electron chi connectivity index (χ2n) is 15.9. The van der Waals surface area contributed by atoms with Gasteiger partial charge in [-0.25, -0.2) is 5.01 Å². The van der Waals surface area contributed by atoms with Crippen LogP contribution in [0.5, 0.6) is 5.75 Å². The Morgan fingerprint density at radius 2 is 1.73 bits per heavy atom. The number of nitrogens with zero attached hydrogens (tertiary/aromatic N) is 4. The molecule has 3 amide bonds. The summed E-state index contributed by atoms with van der Waals surface area (Å²) in [5.74, 6) is -0.792. The Hall–Kier alpha value is -5.17. The first-order valence-corrected chi connectivity index (χ1v) is 22.3. The number of carbonyl (C=O) groups is 3. The number of benzene rings is 4. The fraction of sp³-hybridized carbons (Fsp3) is 0.364. The molecule has 4 aromatic carbocycles. The van der Waals surface area contributed by atoms with Crippen LogP contribution in [0.3, 0.4) is 0 Å². The highest BCUT2D eigenvalue weighted by atomic mass is 28.4. The van der Waals surface area contributed by atoms with E-state index in [4.69, 9.17) is 14.6 Å². The lowest BCUT2D eigenvalue weighted by atomic mass is 9.82. The zero-order chi connectivity index (χ0) is 39.4. The lowest BCUT2D eigenvalue weighted by molar-refractivity contribution is -0.151. The van der Waals surface area contributed by atoms with E-state index in [1.807, 2.05) is 91.9 Å². The molecule has 4 aliphatic heterocycles. The molecule has 56 heavy (non-hydrogen) atoms. The van der Waals surface area contributed by atoms with Crippen molar-refractivity contribution in [2.24, 2.45) is 11.0 Å². The zero-order valence-corrected chi connectivity index (χ0v) is 33.2. The molecule has 0 unspecified atom stereocenters. The molecule has 5 atom stereocenters. The van der Waals surface area contributed by atoms with Crippen LogP contribution in [0.25, 0.3) is 0 Å². The fourth-order valence-electron chi connectivity index (χ4n) is 9.40. The van der Waals surface area contributed by atoms with Crippen molar-refractivity contribution in [3.63, 3.8) is 0 Å². The normalized spacial score (nSPS) is 24.7. The van der Waals surface area contributed by atoms with Crippen LogP contribution in [0, 0.1) is 5.92 Å². The van der Waals surface area contributed by atoms with Gasteiger partial charge in [-0.1, -0.05) is 73.7 Å². The molecule has 0 bridgehead atoms. The van der Waals surface area contributed by atoms with Crippen molar-refractivity contribution in [1.82, 2.24) is 4.90 Å². The molecule has 1 fully saturated rings. The third kappa shape index (κ3) is 6.53. The number of methoxy groups -OCH3 is 1. The summed E-state index contributed by atoms with van der Waals surface area (Å²) in [4.78, 5) is 45.9. The number of carbonyl (C=O) groups excluding carboxylic acids is 3. The van der Waals surface area contributed by atoms with Crippen LogP contribution in [0.1, 0.15) is 54.0 Å². The fourth-order valence-corrected chi connectivity index (χ4v) is 11.9. The van der Waals surface area contributed by atoms with Gasteiger partial charge in [0.05, 0.1) is 55.9 Å². The Balaban J connectivity index is 1.12. The van der Waals surface area contributed by atoms with Gasteiger partial charge in [0.2, 0.25) is 20.2 Å². The molecule has 8 rings (SSSR count). The van der Waals surface area contributed by atoms with Crippen molar-refractivity contribution >= 4 is 43.2 Å². The van der Waals surface area contributed by atoms with E-state index in [0.29, 0.717) is 48.5 Å². The van der Waals surface area contributed by atoms with Gasteiger partial charge in [-0.15, -0.1) is 0 Å². The van der Waals surface area contributed by atoms with Crippen LogP contribution in [0.2, 0.25) is 18.6 Å². The zero-order valence-electron chi connectivity index (χ0n) is 32.2. The molecule has 290 valence electrons. The minimum atomic E-state index is -3.57. The number of aliphatic hydroxyl groups excluding tert-OH is 1. The number of anilines is 2. The highest BCUT2D eigenvalue weighted by Crippen LogP contribution is 2.61. The standard InChI is InChI=1S/C44H47FN4O6Si/c1-28-42(56(3,4)45)39(24-41(52)47-26-32-15-9-8-14-31(32)22-34(47)27-50)55-44(28)36-23-35(54-2)17-19-38(36)48(43(44)53)25-29-11-10-16-33(21-29)49-40(51)20-18-37(46-49)30-12-6-5-7-13-30/h5-17,19,21,23,28,34,39,42,50H,18,20,22,24-27H2,1-4H3/t28-,34+,39+,42-,44+/m1/s1. The number of hydrogen-bond donors (Lipinski definition) is 1. The Morgan fingerprint density at radius 1 is 0.982 bits per heavy atom. The highest BCUT2D eigenvalue weighted by molar-refractivity contribution is 6.72. The van der Waals surface area contributed by atoms with Gasteiger partial charge in [0, 0.05) is 36.4 Å². The SMILES string of the molecule is COc1ccc2c(c1)[C@]1(O[C@@H](CC(=O)N3Cc4ccccc4C[C@H]3CO)[C@H]([Si](C)(C)F)[C@H]1C)C(=O)N2Cc1cccc(N2N=C(c3ccccc3)CCC2=O)c1. The molecule has 1 spiro atoms. The summed E-state index contributed by atoms with van der Waals surface area (Å²) in [6, 6.07) is 30.1. The average Bonchev–Trinajstić information content (AvgIpc) is 3.63. The van der Waals surface area contributed by atoms with Crippen LogP contribution in [-0.4, -0.2) is 67.7 Å². The van der Waals surface area contributed by atoms with Crippen LogP contribution < -0.4 is 14.6 Å². The smallest absolute Gasteiger partial charge is 0.264 e. The summed E-state index contributed by atoms with van der Waals surface area (Å²) < 4.78 is 29.2. The molecule has 12 heteroatoms. The molecule has 1 N–H and O–H groups in total. The summed E-state index contributed by atoms with van der Waals surface area (Å²) in [7, 11) is -2.02. The van der Waals surface area contributed by atoms with Crippen molar-refractivity contribution in [2.75, 3.05) is 23.6 Å². The van der Waals surface area contributed by atoms with Crippen LogP contribution in [0.4, 0.5) is 15.5 Å². The van der Waals surface area contributed by atoms with Crippen molar-refractivity contribution < 1.29 is 33.1 Å². The van der Waals surface area contributed by atoms with Crippen molar-refractivity contribution in [3.8, 4) is 5.75 Å². The number of hydrazone groups is 1. The van der Waals surface area contributed by atoms with E-state index in [1.54, 1.807) is 42.1 Å². The van der Waals surface area contributed by atoms with E-state index >= 15 is 8.90 Å². The second-order valence-corrected chi connectivity index (χ2v) is 19.7. The molecule has 1 saturated heterocycles. The Bertz CT molecular complexity index is 2210. The van der Waals surface area contributed by atoms with Crippen molar-refractivity contribution in [2.45, 2.75) is 82.1 Å². The van der Waals surface area contributed by atoms with Gasteiger partial charge in [-0.3, -0.25) is 14.4 Å². The molecule has 0 aliphatic carbocycles. The number of ether oxygens (including phenoxy) is 2. The van der Waals surface area contributed by atoms with Crippen LogP contribution >= 0.6 is 0 Å². The quantitative estimate of drug-likeness (QED) is 0.147. The molecule has 0 saturated carbocycles. The van der Waals surface area contributed by atoms with Crippen molar-refractivity contribution in [3.05, 3.63) is 125 Å². The third-order valence-corrected chi connectivity index (χ3v) is 14.5. The number of hydrogen-bond acceptors (Lipinski definition) is 7. The lowest BCUT2D eigenvalue weighted by Gasteiger charge is -2.37. The lowest BCUT2D eigenvalue weighted by Crippen LogP contribution is -2.48. The third-order valence-electron chi connectivity index (χ3n) is 12.1. The predicted molar refractivity (Wildman–Crippen MR) is 215 cm³/mol. The highest BCUT2D eigenvalue weighted by Gasteiger charge is 2.67. The second kappa shape index (κ2) is 14.7. The average molecular weight is 775 g/mol. The van der Waals surface area contributed by atoms with E-state index in [-0.39, 0.29) is 37.3 Å². The largest absolute Gasteiger partial charge is 0.497 e. The monoisotopic (exact) mass is 774 g/mol. The van der Waals surface area contributed by atoms with Gasteiger partial charge in [0.25, 0.3) is 5.91 Å². The molecule has 4 aromatic rings. The van der Waals surface area contributed by atoms with Crippen LogP contribution in [-0.2, 0) is 44.2 Å². The maximum atomic E-state index is 16.6. The summed E-state index contributed by atoms with van der Waals surface area (Å²) in [6.45, 7) is 5.38. The molecule has 0 aromatic heterocycles. The van der Waals surface area contributed by atoms with E-state index in [1.165, 1.54) is 5.01 Å². The van der Waals surface area contributed by atoms with Gasteiger partial charge in [-0.2, -0.15) is 5.10 Å². The molecule has 4 heterocycles. The van der Waals surface area contributed by atoms with Crippen molar-refractivity contribution in [1.29, 1.82) is 0 Å². The molecule has 4 aliphatic rings. The minimum absolute atomic E-state index is 0.118.